The summed E-state index contributed by atoms with van der Waals surface area (Å²) in [5.74, 6) is -1.26. The first-order chi connectivity index (χ1) is 12.8. The molecule has 0 aliphatic rings. The predicted molar refractivity (Wildman–Crippen MR) is 109 cm³/mol. The van der Waals surface area contributed by atoms with Crippen molar-refractivity contribution in [2.75, 3.05) is 5.75 Å². The van der Waals surface area contributed by atoms with Crippen LogP contribution in [0, 0.1) is 11.3 Å². The smallest absolute Gasteiger partial charge is 0.235 e. The number of benzene rings is 2. The first-order valence-electron chi connectivity index (χ1n) is 8.51. The molecule has 0 aromatic heterocycles. The molecule has 27 heavy (non-hydrogen) atoms. The summed E-state index contributed by atoms with van der Waals surface area (Å²) in [6.07, 6.45) is 1.52. The van der Waals surface area contributed by atoms with Crippen LogP contribution in [0.25, 0.3) is 0 Å². The van der Waals surface area contributed by atoms with Crippen LogP contribution in [0.5, 0.6) is 0 Å². The number of rotatable bonds is 8. The zero-order valence-electron chi connectivity index (χ0n) is 15.0. The van der Waals surface area contributed by atoms with E-state index in [1.807, 2.05) is 37.3 Å². The Morgan fingerprint density at radius 3 is 2.30 bits per heavy atom. The first kappa shape index (κ1) is 21.1. The lowest BCUT2D eigenvalue weighted by Gasteiger charge is -2.14. The lowest BCUT2D eigenvalue weighted by Crippen LogP contribution is -2.37. The maximum atomic E-state index is 12.2. The summed E-state index contributed by atoms with van der Waals surface area (Å²) >= 11 is 3.39. The van der Waals surface area contributed by atoms with Gasteiger partial charge in [0.1, 0.15) is 5.75 Å². The molecule has 0 aliphatic heterocycles. The van der Waals surface area contributed by atoms with Gasteiger partial charge in [0.25, 0.3) is 0 Å². The third kappa shape index (κ3) is 7.53. The highest BCUT2D eigenvalue weighted by Crippen LogP contribution is 2.13. The number of aryl methyl sites for hydroxylation is 1. The third-order valence-electron chi connectivity index (χ3n) is 4.01. The molecule has 0 spiro atoms. The Kier molecular flexibility index (Phi) is 7.57. The second kappa shape index (κ2) is 9.67. The number of carbonyl (C=O) groups excluding carboxylic acids is 1. The maximum Gasteiger partial charge on any atom is 0.235 e. The van der Waals surface area contributed by atoms with Crippen LogP contribution in [-0.2, 0) is 26.8 Å². The molecule has 7 heteroatoms. The lowest BCUT2D eigenvalue weighted by atomic mass is 10.1. The fraction of sp³-hybridized carbons (Fsp3) is 0.300. The normalized spacial score (nSPS) is 12.2. The number of amides is 1. The zero-order chi connectivity index (χ0) is 19.9. The van der Waals surface area contributed by atoms with Crippen LogP contribution in [0.4, 0.5) is 0 Å². The Balaban J connectivity index is 1.81. The number of nitrogens with zero attached hydrogens (tertiary/aromatic N) is 1. The molecule has 0 saturated heterocycles. The minimum Gasteiger partial charge on any atom is -0.353 e. The molecular formula is C20H21BrN2O3S. The van der Waals surface area contributed by atoms with Gasteiger partial charge in [-0.2, -0.15) is 5.26 Å². The van der Waals surface area contributed by atoms with Gasteiger partial charge in [-0.3, -0.25) is 4.79 Å². The molecule has 1 N–H and O–H groups in total. The van der Waals surface area contributed by atoms with Crippen LogP contribution in [0.2, 0.25) is 0 Å². The maximum absolute atomic E-state index is 12.2. The molecule has 2 aromatic rings. The van der Waals surface area contributed by atoms with Crippen molar-refractivity contribution in [2.45, 2.75) is 31.6 Å². The summed E-state index contributed by atoms with van der Waals surface area (Å²) in [5.41, 5.74) is 2.19. The van der Waals surface area contributed by atoms with Crippen LogP contribution in [0.15, 0.2) is 53.0 Å². The molecule has 0 heterocycles. The topological polar surface area (TPSA) is 87.0 Å². The zero-order valence-corrected chi connectivity index (χ0v) is 17.4. The van der Waals surface area contributed by atoms with Gasteiger partial charge in [0.15, 0.2) is 9.84 Å². The Bertz CT molecular complexity index is 917. The van der Waals surface area contributed by atoms with Crippen molar-refractivity contribution < 1.29 is 13.2 Å². The van der Waals surface area contributed by atoms with Crippen LogP contribution < -0.4 is 5.32 Å². The Labute approximate surface area is 168 Å². The monoisotopic (exact) mass is 448 g/mol. The van der Waals surface area contributed by atoms with Crippen molar-refractivity contribution in [3.63, 3.8) is 0 Å². The molecule has 1 unspecified atom stereocenters. The number of nitrogens with one attached hydrogen (secondary N) is 1. The van der Waals surface area contributed by atoms with Crippen molar-refractivity contribution in [3.8, 4) is 6.07 Å². The van der Waals surface area contributed by atoms with Crippen molar-refractivity contribution in [2.24, 2.45) is 0 Å². The molecule has 0 radical (unpaired) electrons. The van der Waals surface area contributed by atoms with E-state index in [1.165, 1.54) is 0 Å². The Hall–Kier alpha value is -2.17. The fourth-order valence-corrected chi connectivity index (χ4v) is 4.15. The quantitative estimate of drug-likeness (QED) is 0.670. The van der Waals surface area contributed by atoms with E-state index in [-0.39, 0.29) is 11.8 Å². The number of nitriles is 1. The highest BCUT2D eigenvalue weighted by atomic mass is 79.9. The molecular weight excluding hydrogens is 428 g/mol. The molecule has 142 valence electrons. The van der Waals surface area contributed by atoms with E-state index in [0.717, 1.165) is 22.9 Å². The van der Waals surface area contributed by atoms with Crippen molar-refractivity contribution in [3.05, 3.63) is 69.7 Å². The van der Waals surface area contributed by atoms with Gasteiger partial charge in [-0.1, -0.05) is 40.2 Å². The second-order valence-corrected chi connectivity index (χ2v) is 9.45. The molecule has 1 atom stereocenters. The van der Waals surface area contributed by atoms with E-state index >= 15 is 0 Å². The van der Waals surface area contributed by atoms with E-state index in [4.69, 9.17) is 5.26 Å². The first-order valence-corrected chi connectivity index (χ1v) is 11.1. The summed E-state index contributed by atoms with van der Waals surface area (Å²) < 4.78 is 25.5. The van der Waals surface area contributed by atoms with Gasteiger partial charge in [0, 0.05) is 10.5 Å². The SMILES string of the molecule is CC(CCc1ccc(Br)cc1)NC(=O)CS(=O)(=O)Cc1ccc(C#N)cc1. The van der Waals surface area contributed by atoms with E-state index in [1.54, 1.807) is 24.3 Å². The van der Waals surface area contributed by atoms with Gasteiger partial charge in [0.05, 0.1) is 17.4 Å². The summed E-state index contributed by atoms with van der Waals surface area (Å²) in [6, 6.07) is 16.1. The third-order valence-corrected chi connectivity index (χ3v) is 6.01. The van der Waals surface area contributed by atoms with Crippen molar-refractivity contribution in [1.29, 1.82) is 5.26 Å². The van der Waals surface area contributed by atoms with E-state index in [9.17, 15) is 13.2 Å². The highest BCUT2D eigenvalue weighted by Gasteiger charge is 2.18. The van der Waals surface area contributed by atoms with Gasteiger partial charge >= 0.3 is 0 Å². The molecule has 1 amide bonds. The van der Waals surface area contributed by atoms with E-state index < -0.39 is 21.5 Å². The highest BCUT2D eigenvalue weighted by molar-refractivity contribution is 9.10. The van der Waals surface area contributed by atoms with Gasteiger partial charge in [-0.15, -0.1) is 0 Å². The average Bonchev–Trinajstić information content (AvgIpc) is 2.61. The molecule has 5 nitrogen and oxygen atoms in total. The molecule has 2 aromatic carbocycles. The standard InChI is InChI=1S/C20H21BrN2O3S/c1-15(2-3-16-8-10-19(21)11-9-16)23-20(24)14-27(25,26)13-18-6-4-17(12-22)5-7-18/h4-11,15H,2-3,13-14H2,1H3,(H,23,24). The van der Waals surface area contributed by atoms with E-state index in [2.05, 4.69) is 21.2 Å². The predicted octanol–water partition coefficient (Wildman–Crippen LogP) is 3.37. The second-order valence-electron chi connectivity index (χ2n) is 6.47. The molecule has 0 aliphatic carbocycles. The fourth-order valence-electron chi connectivity index (χ4n) is 2.60. The minimum absolute atomic E-state index is 0.119. The molecule has 0 saturated carbocycles. The van der Waals surface area contributed by atoms with Gasteiger partial charge in [-0.25, -0.2) is 8.42 Å². The number of sulfone groups is 1. The number of carbonyl (C=O) groups is 1. The van der Waals surface area contributed by atoms with Crippen LogP contribution in [0.3, 0.4) is 0 Å². The number of halogens is 1. The summed E-state index contributed by atoms with van der Waals surface area (Å²) in [5, 5.41) is 11.5. The van der Waals surface area contributed by atoms with Crippen LogP contribution in [0.1, 0.15) is 30.0 Å². The van der Waals surface area contributed by atoms with E-state index in [0.29, 0.717) is 11.1 Å². The summed E-state index contributed by atoms with van der Waals surface area (Å²) in [6.45, 7) is 1.87. The summed E-state index contributed by atoms with van der Waals surface area (Å²) in [7, 11) is -3.57. The van der Waals surface area contributed by atoms with Gasteiger partial charge in [0.2, 0.25) is 5.91 Å². The molecule has 2 rings (SSSR count). The minimum atomic E-state index is -3.57. The van der Waals surface area contributed by atoms with Crippen LogP contribution >= 0.6 is 15.9 Å². The number of hydrogen-bond acceptors (Lipinski definition) is 4. The van der Waals surface area contributed by atoms with Crippen LogP contribution in [-0.4, -0.2) is 26.1 Å². The summed E-state index contributed by atoms with van der Waals surface area (Å²) in [4.78, 5) is 12.1. The molecule has 0 fully saturated rings. The lowest BCUT2D eigenvalue weighted by molar-refractivity contribution is -0.119. The van der Waals surface area contributed by atoms with Gasteiger partial charge in [-0.05, 0) is 55.2 Å². The molecule has 0 bridgehead atoms. The van der Waals surface area contributed by atoms with Gasteiger partial charge < -0.3 is 5.32 Å². The average molecular weight is 449 g/mol. The van der Waals surface area contributed by atoms with Crippen molar-refractivity contribution in [1.82, 2.24) is 5.32 Å². The number of hydrogen-bond donors (Lipinski definition) is 1. The largest absolute Gasteiger partial charge is 0.353 e. The Morgan fingerprint density at radius 1 is 1.11 bits per heavy atom. The van der Waals surface area contributed by atoms with Crippen molar-refractivity contribution >= 4 is 31.7 Å². The Morgan fingerprint density at radius 2 is 1.70 bits per heavy atom.